The third-order valence-corrected chi connectivity index (χ3v) is 4.95. The van der Waals surface area contributed by atoms with Crippen molar-refractivity contribution in [2.75, 3.05) is 32.7 Å². The van der Waals surface area contributed by atoms with Gasteiger partial charge < -0.3 is 10.0 Å². The summed E-state index contributed by atoms with van der Waals surface area (Å²) in [6, 6.07) is 8.25. The molecule has 2 atom stereocenters. The highest BCUT2D eigenvalue weighted by atomic mass is 35.5. The third kappa shape index (κ3) is 4.68. The number of halogens is 1. The second-order valence-electron chi connectivity index (χ2n) is 5.96. The van der Waals surface area contributed by atoms with Crippen LogP contribution in [0.4, 0.5) is 0 Å². The lowest BCUT2D eigenvalue weighted by atomic mass is 10.1. The van der Waals surface area contributed by atoms with Crippen LogP contribution < -0.4 is 0 Å². The fourth-order valence-electron chi connectivity index (χ4n) is 2.89. The zero-order chi connectivity index (χ0) is 15.2. The first-order valence-electron chi connectivity index (χ1n) is 8.00. The van der Waals surface area contributed by atoms with Crippen LogP contribution in [0, 0.1) is 0 Å². The van der Waals surface area contributed by atoms with E-state index in [9.17, 15) is 5.11 Å². The predicted octanol–water partition coefficient (Wildman–Crippen LogP) is 3.18. The molecule has 1 heterocycles. The molecule has 2 unspecified atom stereocenters. The van der Waals surface area contributed by atoms with Crippen molar-refractivity contribution in [1.29, 1.82) is 0 Å². The van der Waals surface area contributed by atoms with Gasteiger partial charge in [-0.1, -0.05) is 36.7 Å². The number of hydrogen-bond donors (Lipinski definition) is 1. The van der Waals surface area contributed by atoms with Gasteiger partial charge in [0.05, 0.1) is 6.10 Å². The van der Waals surface area contributed by atoms with Gasteiger partial charge in [0.15, 0.2) is 0 Å². The summed E-state index contributed by atoms with van der Waals surface area (Å²) in [7, 11) is 0. The molecular formula is C17H27ClN2O. The normalized spacial score (nSPS) is 20.4. The van der Waals surface area contributed by atoms with Gasteiger partial charge in [-0.25, -0.2) is 0 Å². The molecule has 1 saturated heterocycles. The summed E-state index contributed by atoms with van der Waals surface area (Å²) in [6.07, 6.45) is 1.49. The highest BCUT2D eigenvalue weighted by Gasteiger charge is 2.21. The van der Waals surface area contributed by atoms with Gasteiger partial charge >= 0.3 is 0 Å². The quantitative estimate of drug-likeness (QED) is 0.874. The largest absolute Gasteiger partial charge is 0.388 e. The Hall–Kier alpha value is -0.610. The number of piperazine rings is 1. The summed E-state index contributed by atoms with van der Waals surface area (Å²) in [6.45, 7) is 9.95. The summed E-state index contributed by atoms with van der Waals surface area (Å²) in [5, 5.41) is 10.9. The Labute approximate surface area is 133 Å². The highest BCUT2D eigenvalue weighted by Crippen LogP contribution is 2.25. The molecule has 0 radical (unpaired) electrons. The first-order chi connectivity index (χ1) is 10.1. The second-order valence-corrected chi connectivity index (χ2v) is 6.37. The lowest BCUT2D eigenvalue weighted by Crippen LogP contribution is -2.49. The van der Waals surface area contributed by atoms with Crippen LogP contribution in [0.3, 0.4) is 0 Å². The molecule has 1 aromatic rings. The molecule has 3 nitrogen and oxygen atoms in total. The molecule has 0 bridgehead atoms. The Morgan fingerprint density at radius 2 is 1.86 bits per heavy atom. The van der Waals surface area contributed by atoms with E-state index < -0.39 is 6.10 Å². The van der Waals surface area contributed by atoms with Crippen LogP contribution in [-0.2, 0) is 0 Å². The Morgan fingerprint density at radius 3 is 2.48 bits per heavy atom. The minimum absolute atomic E-state index is 0.466. The number of benzene rings is 1. The molecule has 4 heteroatoms. The SMILES string of the molecule is CCC(C)N1CCN(CCC(O)c2ccccc2Cl)CC1. The van der Waals surface area contributed by atoms with E-state index in [1.807, 2.05) is 24.3 Å². The standard InChI is InChI=1S/C17H27ClN2O/c1-3-14(2)20-12-10-19(11-13-20)9-8-17(21)15-6-4-5-7-16(15)18/h4-7,14,17,21H,3,8-13H2,1-2H3. The van der Waals surface area contributed by atoms with Crippen molar-refractivity contribution in [2.24, 2.45) is 0 Å². The first-order valence-corrected chi connectivity index (χ1v) is 8.38. The molecule has 0 amide bonds. The lowest BCUT2D eigenvalue weighted by Gasteiger charge is -2.38. The van der Waals surface area contributed by atoms with Crippen molar-refractivity contribution in [1.82, 2.24) is 9.80 Å². The number of hydrogen-bond acceptors (Lipinski definition) is 3. The van der Waals surface area contributed by atoms with E-state index in [2.05, 4.69) is 23.6 Å². The van der Waals surface area contributed by atoms with E-state index in [0.717, 1.165) is 44.7 Å². The van der Waals surface area contributed by atoms with Crippen LogP contribution in [0.25, 0.3) is 0 Å². The molecule has 0 aliphatic carbocycles. The first kappa shape index (κ1) is 16.8. The fraction of sp³-hybridized carbons (Fsp3) is 0.647. The van der Waals surface area contributed by atoms with Gasteiger partial charge in [0, 0.05) is 43.8 Å². The average molecular weight is 311 g/mol. The van der Waals surface area contributed by atoms with Crippen LogP contribution in [0.2, 0.25) is 5.02 Å². The van der Waals surface area contributed by atoms with E-state index >= 15 is 0 Å². The lowest BCUT2D eigenvalue weighted by molar-refractivity contribution is 0.0830. The summed E-state index contributed by atoms with van der Waals surface area (Å²) in [5.41, 5.74) is 0.845. The fourth-order valence-corrected chi connectivity index (χ4v) is 3.15. The Kier molecular flexibility index (Phi) is 6.49. The van der Waals surface area contributed by atoms with Crippen LogP contribution in [0.5, 0.6) is 0 Å². The van der Waals surface area contributed by atoms with Gasteiger partial charge in [-0.2, -0.15) is 0 Å². The molecule has 1 fully saturated rings. The Balaban J connectivity index is 1.76. The van der Waals surface area contributed by atoms with Gasteiger partial charge in [0.1, 0.15) is 0 Å². The van der Waals surface area contributed by atoms with Gasteiger partial charge in [0.2, 0.25) is 0 Å². The van der Waals surface area contributed by atoms with Crippen LogP contribution in [-0.4, -0.2) is 53.7 Å². The second kappa shape index (κ2) is 8.14. The maximum atomic E-state index is 10.3. The van der Waals surface area contributed by atoms with E-state index in [0.29, 0.717) is 11.1 Å². The molecule has 118 valence electrons. The van der Waals surface area contributed by atoms with E-state index in [-0.39, 0.29) is 0 Å². The highest BCUT2D eigenvalue weighted by molar-refractivity contribution is 6.31. The van der Waals surface area contributed by atoms with Crippen LogP contribution in [0.1, 0.15) is 38.4 Å². The van der Waals surface area contributed by atoms with Crippen molar-refractivity contribution in [2.45, 2.75) is 38.8 Å². The maximum Gasteiger partial charge on any atom is 0.0816 e. The zero-order valence-corrected chi connectivity index (χ0v) is 13.9. The van der Waals surface area contributed by atoms with Gasteiger partial charge in [0.25, 0.3) is 0 Å². The number of nitrogens with zero attached hydrogens (tertiary/aromatic N) is 2. The zero-order valence-electron chi connectivity index (χ0n) is 13.1. The van der Waals surface area contributed by atoms with Crippen LogP contribution in [0.15, 0.2) is 24.3 Å². The molecule has 1 N–H and O–H groups in total. The number of aliphatic hydroxyl groups excluding tert-OH is 1. The van der Waals surface area contributed by atoms with Crippen molar-refractivity contribution in [3.05, 3.63) is 34.9 Å². The third-order valence-electron chi connectivity index (χ3n) is 4.60. The summed E-state index contributed by atoms with van der Waals surface area (Å²) < 4.78 is 0. The molecule has 0 saturated carbocycles. The molecule has 0 spiro atoms. The molecule has 1 aliphatic heterocycles. The van der Waals surface area contributed by atoms with Gasteiger partial charge in [-0.3, -0.25) is 4.90 Å². The summed E-state index contributed by atoms with van der Waals surface area (Å²) >= 11 is 6.13. The molecule has 1 aromatic carbocycles. The van der Waals surface area contributed by atoms with E-state index in [1.54, 1.807) is 0 Å². The van der Waals surface area contributed by atoms with Crippen molar-refractivity contribution >= 4 is 11.6 Å². The van der Waals surface area contributed by atoms with E-state index in [1.165, 1.54) is 6.42 Å². The topological polar surface area (TPSA) is 26.7 Å². The maximum absolute atomic E-state index is 10.3. The van der Waals surface area contributed by atoms with E-state index in [4.69, 9.17) is 11.6 Å². The Bertz CT molecular complexity index is 433. The van der Waals surface area contributed by atoms with Crippen molar-refractivity contribution < 1.29 is 5.11 Å². The smallest absolute Gasteiger partial charge is 0.0816 e. The van der Waals surface area contributed by atoms with Gasteiger partial charge in [-0.15, -0.1) is 0 Å². The van der Waals surface area contributed by atoms with Crippen molar-refractivity contribution in [3.63, 3.8) is 0 Å². The van der Waals surface area contributed by atoms with Crippen molar-refractivity contribution in [3.8, 4) is 0 Å². The molecule has 2 rings (SSSR count). The molecule has 21 heavy (non-hydrogen) atoms. The molecule has 0 aromatic heterocycles. The molecule has 1 aliphatic rings. The summed E-state index contributed by atoms with van der Waals surface area (Å²) in [4.78, 5) is 5.00. The predicted molar refractivity (Wildman–Crippen MR) is 88.8 cm³/mol. The average Bonchev–Trinajstić information content (AvgIpc) is 2.52. The Morgan fingerprint density at radius 1 is 1.19 bits per heavy atom. The minimum atomic E-state index is -0.466. The molecular weight excluding hydrogens is 284 g/mol. The monoisotopic (exact) mass is 310 g/mol. The summed E-state index contributed by atoms with van der Waals surface area (Å²) in [5.74, 6) is 0. The van der Waals surface area contributed by atoms with Gasteiger partial charge in [-0.05, 0) is 31.4 Å². The minimum Gasteiger partial charge on any atom is -0.388 e. The number of aliphatic hydroxyl groups is 1. The van der Waals surface area contributed by atoms with Crippen LogP contribution >= 0.6 is 11.6 Å². The number of rotatable bonds is 6.